The fraction of sp³-hybridized carbons (Fsp3) is 0.242. The van der Waals surface area contributed by atoms with E-state index in [-0.39, 0.29) is 0 Å². The van der Waals surface area contributed by atoms with Gasteiger partial charge in [-0.1, -0.05) is 225 Å². The minimum Gasteiger partial charge on any atom is -0.395 e. The summed E-state index contributed by atoms with van der Waals surface area (Å²) >= 11 is 0. The average Bonchev–Trinajstić information content (AvgIpc) is 3.41. The van der Waals surface area contributed by atoms with Gasteiger partial charge in [0.05, 0.1) is 0 Å². The summed E-state index contributed by atoms with van der Waals surface area (Å²) < 4.78 is 24.8. The highest BCUT2D eigenvalue weighted by molar-refractivity contribution is 6.27. The maximum Gasteiger partial charge on any atom is 0.519 e. The zero-order valence-corrected chi connectivity index (χ0v) is 41.8. The smallest absolute Gasteiger partial charge is 0.395 e. The van der Waals surface area contributed by atoms with E-state index in [4.69, 9.17) is 18.9 Å². The second-order valence-electron chi connectivity index (χ2n) is 19.4. The Labute approximate surface area is 422 Å². The number of unbranched alkanes of at least 4 members (excludes halogenated alkanes) is 2. The lowest BCUT2D eigenvalue weighted by molar-refractivity contribution is 0.152. The molecule has 0 saturated heterocycles. The van der Waals surface area contributed by atoms with Crippen molar-refractivity contribution in [1.29, 1.82) is 0 Å². The van der Waals surface area contributed by atoms with Gasteiger partial charge in [0.15, 0.2) is 0 Å². The van der Waals surface area contributed by atoms with Crippen molar-refractivity contribution in [3.8, 4) is 34.1 Å². The molecule has 10 aromatic carbocycles. The van der Waals surface area contributed by atoms with E-state index >= 15 is 0 Å². The Kier molecular flexibility index (Phi) is 14.5. The summed E-state index contributed by atoms with van der Waals surface area (Å²) in [5.74, 6) is 2.72. The predicted octanol–water partition coefficient (Wildman–Crippen LogP) is 18.9. The van der Waals surface area contributed by atoms with Crippen molar-refractivity contribution in [1.82, 2.24) is 0 Å². The van der Waals surface area contributed by atoms with Crippen molar-refractivity contribution in [3.05, 3.63) is 181 Å². The molecule has 0 saturated carbocycles. The molecule has 0 amide bonds. The van der Waals surface area contributed by atoms with Crippen LogP contribution in [0.4, 0.5) is 9.59 Å². The number of carbonyl (C=O) groups excluding carboxylic acids is 2. The molecule has 362 valence electrons. The van der Waals surface area contributed by atoms with Crippen molar-refractivity contribution in [2.45, 2.75) is 91.9 Å². The van der Waals surface area contributed by atoms with Crippen molar-refractivity contribution in [2.24, 2.45) is 11.8 Å². The monoisotopic (exact) mass is 950 g/mol. The van der Waals surface area contributed by atoms with Crippen molar-refractivity contribution >= 4 is 76.9 Å². The summed E-state index contributed by atoms with van der Waals surface area (Å²) in [6.07, 6.45) is 9.36. The lowest BCUT2D eigenvalue weighted by atomic mass is 9.83. The topological polar surface area (TPSA) is 71.1 Å². The molecule has 0 aliphatic heterocycles. The first-order chi connectivity index (χ1) is 35.3. The van der Waals surface area contributed by atoms with Crippen LogP contribution in [0.15, 0.2) is 170 Å². The molecule has 10 aromatic rings. The predicted molar refractivity (Wildman–Crippen MR) is 297 cm³/mol. The minimum absolute atomic E-state index is 0.404. The van der Waals surface area contributed by atoms with Gasteiger partial charge in [0.2, 0.25) is 0 Å². The first-order valence-electron chi connectivity index (χ1n) is 26.0. The summed E-state index contributed by atoms with van der Waals surface area (Å²) in [4.78, 5) is 28.2. The van der Waals surface area contributed by atoms with Crippen LogP contribution in [0.2, 0.25) is 0 Å². The van der Waals surface area contributed by atoms with E-state index in [1.165, 1.54) is 24.0 Å². The molecule has 0 aliphatic rings. The standard InChI is InChI=1S/C66H62O6/c1-5-9-19-43(7-3)37-45-29-35-57-59(39-45)61(53-25-15-17-27-55(53)63(57)71-65(67)69-51-33-31-47-21-11-13-23-49(47)41-51)62-54-26-16-18-28-56(54)64(58-36-30-46(40-60(58)62)38-44(8-4)20-10-6-2)72-66(68)70-52-34-32-48-22-12-14-24-50(48)42-52/h11-18,21-36,39-44H,5-10,19-20,37-38H2,1-4H3. The quantitative estimate of drug-likeness (QED) is 0.0514. The van der Waals surface area contributed by atoms with Crippen molar-refractivity contribution in [3.63, 3.8) is 0 Å². The summed E-state index contributed by atoms with van der Waals surface area (Å²) in [6.45, 7) is 9.08. The molecule has 0 radical (unpaired) electrons. The summed E-state index contributed by atoms with van der Waals surface area (Å²) in [5.41, 5.74) is 4.47. The van der Waals surface area contributed by atoms with Crippen molar-refractivity contribution < 1.29 is 28.5 Å². The lowest BCUT2D eigenvalue weighted by Gasteiger charge is -2.23. The van der Waals surface area contributed by atoms with Crippen LogP contribution < -0.4 is 18.9 Å². The zero-order chi connectivity index (χ0) is 49.6. The maximum atomic E-state index is 14.1. The van der Waals surface area contributed by atoms with Gasteiger partial charge in [-0.15, -0.1) is 0 Å². The number of hydrogen-bond donors (Lipinski definition) is 0. The van der Waals surface area contributed by atoms with Crippen LogP contribution in [-0.2, 0) is 12.8 Å². The Morgan fingerprint density at radius 3 is 1.15 bits per heavy atom. The largest absolute Gasteiger partial charge is 0.519 e. The fourth-order valence-corrected chi connectivity index (χ4v) is 10.8. The summed E-state index contributed by atoms with van der Waals surface area (Å²) in [7, 11) is 0. The molecular formula is C66H62O6. The minimum atomic E-state index is -0.814. The molecular weight excluding hydrogens is 889 g/mol. The normalized spacial score (nSPS) is 12.4. The van der Waals surface area contributed by atoms with Crippen molar-refractivity contribution in [2.75, 3.05) is 0 Å². The third-order valence-electron chi connectivity index (χ3n) is 14.7. The van der Waals surface area contributed by atoms with Gasteiger partial charge in [0, 0.05) is 21.5 Å². The first-order valence-corrected chi connectivity index (χ1v) is 26.0. The maximum absolute atomic E-state index is 14.1. The molecule has 2 unspecified atom stereocenters. The number of rotatable bonds is 17. The summed E-state index contributed by atoms with van der Waals surface area (Å²) in [6, 6.07) is 56.8. The molecule has 0 fully saturated rings. The van der Waals surface area contributed by atoms with Crippen LogP contribution in [-0.4, -0.2) is 12.3 Å². The van der Waals surface area contributed by atoms with Gasteiger partial charge in [-0.05, 0) is 114 Å². The van der Waals surface area contributed by atoms with E-state index in [0.29, 0.717) is 34.8 Å². The van der Waals surface area contributed by atoms with Crippen LogP contribution in [0, 0.1) is 11.8 Å². The molecule has 2 atom stereocenters. The number of hydrogen-bond acceptors (Lipinski definition) is 6. The van der Waals surface area contributed by atoms with Crippen LogP contribution in [0.3, 0.4) is 0 Å². The Bertz CT molecular complexity index is 3370. The second kappa shape index (κ2) is 21.7. The Balaban J connectivity index is 1.18. The van der Waals surface area contributed by atoms with Crippen LogP contribution in [0.25, 0.3) is 75.8 Å². The molecule has 6 heteroatoms. The van der Waals surface area contributed by atoms with Crippen LogP contribution in [0.5, 0.6) is 23.0 Å². The number of benzene rings is 10. The number of ether oxygens (including phenoxy) is 4. The Morgan fingerprint density at radius 1 is 0.375 bits per heavy atom. The van der Waals surface area contributed by atoms with Crippen LogP contribution in [0.1, 0.15) is 90.2 Å². The molecule has 0 heterocycles. The Morgan fingerprint density at radius 2 is 0.750 bits per heavy atom. The Hall–Kier alpha value is -7.70. The van der Waals surface area contributed by atoms with Gasteiger partial charge in [0.25, 0.3) is 0 Å². The van der Waals surface area contributed by atoms with E-state index in [9.17, 15) is 9.59 Å². The molecule has 0 N–H and O–H groups in total. The third-order valence-corrected chi connectivity index (χ3v) is 14.7. The van der Waals surface area contributed by atoms with Gasteiger partial charge in [0.1, 0.15) is 23.0 Å². The van der Waals surface area contributed by atoms with Gasteiger partial charge >= 0.3 is 12.3 Å². The van der Waals surface area contributed by atoms with Gasteiger partial charge in [-0.2, -0.15) is 0 Å². The molecule has 72 heavy (non-hydrogen) atoms. The second-order valence-corrected chi connectivity index (χ2v) is 19.4. The first kappa shape index (κ1) is 48.0. The summed E-state index contributed by atoms with van der Waals surface area (Å²) in [5, 5.41) is 10.9. The van der Waals surface area contributed by atoms with E-state index in [1.54, 1.807) is 12.1 Å². The van der Waals surface area contributed by atoms with Gasteiger partial charge < -0.3 is 18.9 Å². The van der Waals surface area contributed by atoms with E-state index in [2.05, 4.69) is 76.2 Å². The highest BCUT2D eigenvalue weighted by Gasteiger charge is 2.26. The molecule has 0 aliphatic carbocycles. The third kappa shape index (κ3) is 10.1. The molecule has 0 bridgehead atoms. The average molecular weight is 951 g/mol. The molecule has 0 spiro atoms. The molecule has 0 aromatic heterocycles. The number of carbonyl (C=O) groups is 2. The lowest BCUT2D eigenvalue weighted by Crippen LogP contribution is -2.15. The molecule has 6 nitrogen and oxygen atoms in total. The van der Waals surface area contributed by atoms with E-state index in [0.717, 1.165) is 127 Å². The zero-order valence-electron chi connectivity index (χ0n) is 41.8. The van der Waals surface area contributed by atoms with E-state index in [1.807, 2.05) is 109 Å². The van der Waals surface area contributed by atoms with Gasteiger partial charge in [-0.25, -0.2) is 9.59 Å². The SMILES string of the molecule is CCCCC(CC)Cc1ccc2c(OC(=O)Oc3ccc4ccccc4c3)c3ccccc3c(-c3c4ccccc4c(OC(=O)Oc4ccc5ccccc5c4)c4ccc(CC(CC)CCCC)cc34)c2c1. The van der Waals surface area contributed by atoms with Gasteiger partial charge in [-0.3, -0.25) is 0 Å². The van der Waals surface area contributed by atoms with Crippen LogP contribution >= 0.6 is 0 Å². The fourth-order valence-electron chi connectivity index (χ4n) is 10.8. The highest BCUT2D eigenvalue weighted by atomic mass is 16.7. The highest BCUT2D eigenvalue weighted by Crippen LogP contribution is 2.51. The molecule has 10 rings (SSSR count). The number of fused-ring (bicyclic) bond motifs is 6. The van der Waals surface area contributed by atoms with E-state index < -0.39 is 12.3 Å².